The minimum atomic E-state index is -0.654. The molecule has 0 saturated carbocycles. The molecule has 0 aliphatic carbocycles. The van der Waals surface area contributed by atoms with Crippen LogP contribution in [-0.2, 0) is 9.59 Å². The number of hydrogen-bond acceptors (Lipinski definition) is 5. The van der Waals surface area contributed by atoms with E-state index >= 15 is 0 Å². The maximum absolute atomic E-state index is 12.1. The Labute approximate surface area is 119 Å². The van der Waals surface area contributed by atoms with Crippen molar-refractivity contribution in [3.05, 3.63) is 33.9 Å². The summed E-state index contributed by atoms with van der Waals surface area (Å²) in [4.78, 5) is 33.4. The highest BCUT2D eigenvalue weighted by atomic mass is 16.6. The summed E-state index contributed by atoms with van der Waals surface area (Å²) in [6.45, 7) is 0.217. The third-order valence-electron chi connectivity index (χ3n) is 3.22. The van der Waals surface area contributed by atoms with Crippen molar-refractivity contribution in [2.75, 3.05) is 11.9 Å². The third kappa shape index (κ3) is 3.33. The molecular formula is C13H12N4O4. The third-order valence-corrected chi connectivity index (χ3v) is 3.22. The lowest BCUT2D eigenvalue weighted by atomic mass is 9.98. The highest BCUT2D eigenvalue weighted by Crippen LogP contribution is 2.26. The first kappa shape index (κ1) is 14.5. The summed E-state index contributed by atoms with van der Waals surface area (Å²) in [5, 5.41) is 24.8. The van der Waals surface area contributed by atoms with Gasteiger partial charge in [-0.15, -0.1) is 0 Å². The van der Waals surface area contributed by atoms with Crippen LogP contribution < -0.4 is 10.6 Å². The molecule has 1 aliphatic rings. The van der Waals surface area contributed by atoms with Crippen molar-refractivity contribution in [2.24, 2.45) is 5.92 Å². The average Bonchev–Trinajstić information content (AvgIpc) is 2.48. The minimum Gasteiger partial charge on any atom is -0.355 e. The van der Waals surface area contributed by atoms with E-state index in [1.165, 1.54) is 12.1 Å². The molecule has 2 rings (SSSR count). The molecule has 1 aromatic carbocycles. The zero-order valence-electron chi connectivity index (χ0n) is 11.0. The number of rotatable bonds is 3. The Kier molecular flexibility index (Phi) is 4.13. The van der Waals surface area contributed by atoms with Crippen LogP contribution in [0.4, 0.5) is 11.4 Å². The number of piperidine rings is 1. The number of nitrogens with one attached hydrogen (secondary N) is 2. The quantitative estimate of drug-likeness (QED) is 0.632. The minimum absolute atomic E-state index is 0.0425. The normalized spacial score (nSPS) is 17.5. The van der Waals surface area contributed by atoms with E-state index in [0.717, 1.165) is 6.07 Å². The van der Waals surface area contributed by atoms with Crippen LogP contribution in [-0.4, -0.2) is 23.3 Å². The smallest absolute Gasteiger partial charge is 0.294 e. The fourth-order valence-electron chi connectivity index (χ4n) is 2.05. The number of nitro groups is 1. The number of nitrogens with zero attached hydrogens (tertiary/aromatic N) is 2. The lowest BCUT2D eigenvalue weighted by Crippen LogP contribution is -2.40. The number of hydrogen-bond donors (Lipinski definition) is 2. The zero-order valence-corrected chi connectivity index (χ0v) is 11.0. The molecule has 0 radical (unpaired) electrons. The molecule has 108 valence electrons. The first-order valence-corrected chi connectivity index (χ1v) is 6.27. The van der Waals surface area contributed by atoms with Gasteiger partial charge in [0.2, 0.25) is 11.8 Å². The van der Waals surface area contributed by atoms with E-state index in [-0.39, 0.29) is 41.7 Å². The number of anilines is 1. The molecule has 1 aliphatic heterocycles. The van der Waals surface area contributed by atoms with E-state index in [2.05, 4.69) is 10.6 Å². The molecule has 0 bridgehead atoms. The van der Waals surface area contributed by atoms with Gasteiger partial charge in [0, 0.05) is 19.0 Å². The van der Waals surface area contributed by atoms with Crippen molar-refractivity contribution in [3.8, 4) is 6.07 Å². The van der Waals surface area contributed by atoms with E-state index in [1.54, 1.807) is 6.07 Å². The fourth-order valence-corrected chi connectivity index (χ4v) is 2.05. The lowest BCUT2D eigenvalue weighted by Gasteiger charge is -2.21. The van der Waals surface area contributed by atoms with Gasteiger partial charge in [0.25, 0.3) is 5.69 Å². The van der Waals surface area contributed by atoms with E-state index in [1.807, 2.05) is 0 Å². The summed E-state index contributed by atoms with van der Waals surface area (Å²) in [7, 11) is 0. The molecule has 1 aromatic rings. The monoisotopic (exact) mass is 288 g/mol. The standard InChI is InChI=1S/C13H12N4O4/c14-6-8-1-3-10(11(5-8)17(20)21)16-13(19)9-2-4-12(18)15-7-9/h1,3,5,9H,2,4,7H2,(H,15,18)(H,16,19). The summed E-state index contributed by atoms with van der Waals surface area (Å²) in [5.74, 6) is -0.913. The van der Waals surface area contributed by atoms with Gasteiger partial charge < -0.3 is 10.6 Å². The second-order valence-electron chi connectivity index (χ2n) is 4.63. The van der Waals surface area contributed by atoms with Crippen LogP contribution in [0.25, 0.3) is 0 Å². The number of amides is 2. The van der Waals surface area contributed by atoms with Gasteiger partial charge in [-0.2, -0.15) is 5.26 Å². The molecule has 1 saturated heterocycles. The maximum Gasteiger partial charge on any atom is 0.294 e. The summed E-state index contributed by atoms with van der Waals surface area (Å²) in [6, 6.07) is 5.64. The zero-order chi connectivity index (χ0) is 15.4. The van der Waals surface area contributed by atoms with Gasteiger partial charge in [0.15, 0.2) is 0 Å². The molecule has 1 unspecified atom stereocenters. The molecule has 1 heterocycles. The Morgan fingerprint density at radius 3 is 2.86 bits per heavy atom. The van der Waals surface area contributed by atoms with E-state index in [4.69, 9.17) is 5.26 Å². The van der Waals surface area contributed by atoms with E-state index < -0.39 is 10.8 Å². The predicted molar refractivity (Wildman–Crippen MR) is 72.2 cm³/mol. The van der Waals surface area contributed by atoms with Gasteiger partial charge in [0.1, 0.15) is 5.69 Å². The average molecular weight is 288 g/mol. The first-order valence-electron chi connectivity index (χ1n) is 6.27. The van der Waals surface area contributed by atoms with Crippen LogP contribution in [0.1, 0.15) is 18.4 Å². The Morgan fingerprint density at radius 1 is 1.52 bits per heavy atom. The molecule has 8 heteroatoms. The largest absolute Gasteiger partial charge is 0.355 e. The van der Waals surface area contributed by atoms with Crippen molar-refractivity contribution in [3.63, 3.8) is 0 Å². The SMILES string of the molecule is N#Cc1ccc(NC(=O)C2CCC(=O)NC2)c([N+](=O)[O-])c1. The van der Waals surface area contributed by atoms with Crippen LogP contribution in [0, 0.1) is 27.4 Å². The Balaban J connectivity index is 2.15. The van der Waals surface area contributed by atoms with Gasteiger partial charge >= 0.3 is 0 Å². The first-order chi connectivity index (χ1) is 10.0. The summed E-state index contributed by atoms with van der Waals surface area (Å²) >= 11 is 0. The van der Waals surface area contributed by atoms with Crippen LogP contribution >= 0.6 is 0 Å². The van der Waals surface area contributed by atoms with Crippen molar-refractivity contribution in [2.45, 2.75) is 12.8 Å². The topological polar surface area (TPSA) is 125 Å². The second kappa shape index (κ2) is 6.00. The van der Waals surface area contributed by atoms with Gasteiger partial charge in [-0.3, -0.25) is 19.7 Å². The number of carbonyl (C=O) groups excluding carboxylic acids is 2. The van der Waals surface area contributed by atoms with Gasteiger partial charge in [-0.1, -0.05) is 0 Å². The van der Waals surface area contributed by atoms with Crippen molar-refractivity contribution in [1.82, 2.24) is 5.32 Å². The predicted octanol–water partition coefficient (Wildman–Crippen LogP) is 0.931. The Bertz CT molecular complexity index is 640. The molecule has 0 aromatic heterocycles. The van der Waals surface area contributed by atoms with Crippen LogP contribution in [0.3, 0.4) is 0 Å². The highest BCUT2D eigenvalue weighted by Gasteiger charge is 2.26. The maximum atomic E-state index is 12.1. The Morgan fingerprint density at radius 2 is 2.29 bits per heavy atom. The number of nitro benzene ring substituents is 1. The summed E-state index contributed by atoms with van der Waals surface area (Å²) < 4.78 is 0. The molecule has 1 atom stereocenters. The molecule has 0 spiro atoms. The van der Waals surface area contributed by atoms with Crippen LogP contribution in [0.5, 0.6) is 0 Å². The molecule has 1 fully saturated rings. The number of nitriles is 1. The highest BCUT2D eigenvalue weighted by molar-refractivity contribution is 5.96. The van der Waals surface area contributed by atoms with E-state index in [9.17, 15) is 19.7 Å². The molecular weight excluding hydrogens is 276 g/mol. The van der Waals surface area contributed by atoms with Crippen molar-refractivity contribution < 1.29 is 14.5 Å². The molecule has 8 nitrogen and oxygen atoms in total. The molecule has 2 N–H and O–H groups in total. The molecule has 2 amide bonds. The summed E-state index contributed by atoms with van der Waals surface area (Å²) in [5.41, 5.74) is -0.146. The van der Waals surface area contributed by atoms with Gasteiger partial charge in [0.05, 0.1) is 22.5 Å². The van der Waals surface area contributed by atoms with E-state index in [0.29, 0.717) is 6.42 Å². The van der Waals surface area contributed by atoms with Crippen LogP contribution in [0.15, 0.2) is 18.2 Å². The Hall–Kier alpha value is -2.95. The van der Waals surface area contributed by atoms with Gasteiger partial charge in [-0.25, -0.2) is 0 Å². The molecule has 21 heavy (non-hydrogen) atoms. The number of carbonyl (C=O) groups is 2. The lowest BCUT2D eigenvalue weighted by molar-refractivity contribution is -0.384. The van der Waals surface area contributed by atoms with Crippen LogP contribution in [0.2, 0.25) is 0 Å². The number of benzene rings is 1. The van der Waals surface area contributed by atoms with Crippen molar-refractivity contribution >= 4 is 23.2 Å². The fraction of sp³-hybridized carbons (Fsp3) is 0.308. The van der Waals surface area contributed by atoms with Gasteiger partial charge in [-0.05, 0) is 18.6 Å². The summed E-state index contributed by atoms with van der Waals surface area (Å²) in [6.07, 6.45) is 0.662. The van der Waals surface area contributed by atoms with Crippen molar-refractivity contribution in [1.29, 1.82) is 5.26 Å². The second-order valence-corrected chi connectivity index (χ2v) is 4.63.